The van der Waals surface area contributed by atoms with Crippen molar-refractivity contribution < 1.29 is 0 Å². The quantitative estimate of drug-likeness (QED) is 0.926. The summed E-state index contributed by atoms with van der Waals surface area (Å²) in [6.07, 6.45) is 4.30. The van der Waals surface area contributed by atoms with Crippen molar-refractivity contribution in [3.63, 3.8) is 0 Å². The van der Waals surface area contributed by atoms with E-state index in [4.69, 9.17) is 0 Å². The van der Waals surface area contributed by atoms with Crippen LogP contribution in [0.4, 0.5) is 0 Å². The van der Waals surface area contributed by atoms with E-state index in [1.54, 1.807) is 0 Å². The van der Waals surface area contributed by atoms with Gasteiger partial charge in [-0.25, -0.2) is 4.68 Å². The fraction of sp³-hybridized carbons (Fsp3) is 0.500. The van der Waals surface area contributed by atoms with E-state index in [1.807, 2.05) is 6.07 Å². The molecule has 3 rings (SSSR count). The minimum atomic E-state index is 0.298. The Labute approximate surface area is 127 Å². The predicted octanol–water partition coefficient (Wildman–Crippen LogP) is 3.88. The molecule has 0 radical (unpaired) electrons. The number of aromatic nitrogens is 2. The Balaban J connectivity index is 2.04. The highest BCUT2D eigenvalue weighted by Gasteiger charge is 2.35. The van der Waals surface area contributed by atoms with E-state index < -0.39 is 0 Å². The molecule has 1 aliphatic rings. The zero-order valence-corrected chi connectivity index (χ0v) is 13.4. The first kappa shape index (κ1) is 14.3. The number of hydrogen-bond acceptors (Lipinski definition) is 2. The summed E-state index contributed by atoms with van der Waals surface area (Å²) in [5, 5.41) is 8.37. The van der Waals surface area contributed by atoms with Crippen LogP contribution in [0.25, 0.3) is 5.69 Å². The minimum Gasteiger partial charge on any atom is -0.308 e. The third kappa shape index (κ3) is 2.88. The Morgan fingerprint density at radius 2 is 1.95 bits per heavy atom. The number of fused-ring (bicyclic) bond motifs is 1. The second kappa shape index (κ2) is 5.30. The lowest BCUT2D eigenvalue weighted by Crippen LogP contribution is -2.36. The molecule has 112 valence electrons. The normalized spacial score (nSPS) is 20.5. The van der Waals surface area contributed by atoms with Gasteiger partial charge in [0, 0.05) is 23.3 Å². The first-order valence-corrected chi connectivity index (χ1v) is 7.84. The second-order valence-electron chi connectivity index (χ2n) is 7.21. The molecule has 1 N–H and O–H groups in total. The molecule has 21 heavy (non-hydrogen) atoms. The van der Waals surface area contributed by atoms with Gasteiger partial charge in [0.05, 0.1) is 11.9 Å². The van der Waals surface area contributed by atoms with Gasteiger partial charge in [0.2, 0.25) is 0 Å². The highest BCUT2D eigenvalue weighted by atomic mass is 15.3. The van der Waals surface area contributed by atoms with Crippen molar-refractivity contribution in [1.29, 1.82) is 0 Å². The zero-order chi connectivity index (χ0) is 15.0. The largest absolute Gasteiger partial charge is 0.308 e. The molecule has 3 nitrogen and oxygen atoms in total. The third-order valence-corrected chi connectivity index (χ3v) is 4.21. The summed E-state index contributed by atoms with van der Waals surface area (Å²) in [7, 11) is 0. The van der Waals surface area contributed by atoms with Crippen LogP contribution >= 0.6 is 0 Å². The summed E-state index contributed by atoms with van der Waals surface area (Å²) >= 11 is 0. The molecule has 0 fully saturated rings. The van der Waals surface area contributed by atoms with Crippen molar-refractivity contribution in [3.8, 4) is 5.69 Å². The minimum absolute atomic E-state index is 0.298. The molecule has 1 aromatic carbocycles. The van der Waals surface area contributed by atoms with Crippen molar-refractivity contribution >= 4 is 0 Å². The van der Waals surface area contributed by atoms with Gasteiger partial charge in [-0.3, -0.25) is 0 Å². The van der Waals surface area contributed by atoms with Gasteiger partial charge < -0.3 is 5.32 Å². The fourth-order valence-electron chi connectivity index (χ4n) is 3.39. The van der Waals surface area contributed by atoms with E-state index in [9.17, 15) is 0 Å². The Bertz CT molecular complexity index is 611. The Morgan fingerprint density at radius 1 is 1.24 bits per heavy atom. The SMILES string of the molecule is CC(C)NC1CC(C)(C)Cc2c1cnn2-c1ccccc1. The monoisotopic (exact) mass is 283 g/mol. The molecule has 3 heteroatoms. The molecular formula is C18H25N3. The molecule has 0 amide bonds. The van der Waals surface area contributed by atoms with Gasteiger partial charge in [-0.05, 0) is 30.4 Å². The van der Waals surface area contributed by atoms with Gasteiger partial charge in [-0.1, -0.05) is 45.9 Å². The molecule has 1 aromatic heterocycles. The standard InChI is InChI=1S/C18H25N3/c1-13(2)20-16-10-18(3,4)11-17-15(16)12-19-21(17)14-8-6-5-7-9-14/h5-9,12-13,16,20H,10-11H2,1-4H3. The summed E-state index contributed by atoms with van der Waals surface area (Å²) in [5.74, 6) is 0. The van der Waals surface area contributed by atoms with E-state index in [1.165, 1.54) is 17.7 Å². The maximum absolute atomic E-state index is 4.67. The van der Waals surface area contributed by atoms with Gasteiger partial charge in [0.15, 0.2) is 0 Å². The van der Waals surface area contributed by atoms with Crippen LogP contribution in [0.5, 0.6) is 0 Å². The van der Waals surface area contributed by atoms with Crippen LogP contribution in [-0.4, -0.2) is 15.8 Å². The summed E-state index contributed by atoms with van der Waals surface area (Å²) in [6, 6.07) is 11.3. The molecular weight excluding hydrogens is 258 g/mol. The van der Waals surface area contributed by atoms with Gasteiger partial charge in [-0.2, -0.15) is 5.10 Å². The zero-order valence-electron chi connectivity index (χ0n) is 13.4. The average molecular weight is 283 g/mol. The van der Waals surface area contributed by atoms with E-state index in [0.717, 1.165) is 12.1 Å². The molecule has 0 saturated carbocycles. The molecule has 1 heterocycles. The number of hydrogen-bond donors (Lipinski definition) is 1. The van der Waals surface area contributed by atoms with Crippen LogP contribution in [0.2, 0.25) is 0 Å². The molecule has 0 aliphatic heterocycles. The van der Waals surface area contributed by atoms with Crippen LogP contribution in [0.3, 0.4) is 0 Å². The van der Waals surface area contributed by atoms with Crippen LogP contribution in [0.15, 0.2) is 36.5 Å². The van der Waals surface area contributed by atoms with E-state index >= 15 is 0 Å². The lowest BCUT2D eigenvalue weighted by molar-refractivity contribution is 0.246. The maximum atomic E-state index is 4.67. The average Bonchev–Trinajstić information content (AvgIpc) is 2.81. The fourth-order valence-corrected chi connectivity index (χ4v) is 3.39. The second-order valence-corrected chi connectivity index (χ2v) is 7.21. The first-order chi connectivity index (χ1) is 9.96. The summed E-state index contributed by atoms with van der Waals surface area (Å²) in [6.45, 7) is 9.13. The molecule has 0 spiro atoms. The number of para-hydroxylation sites is 1. The summed E-state index contributed by atoms with van der Waals surface area (Å²) in [4.78, 5) is 0. The van der Waals surface area contributed by atoms with Gasteiger partial charge in [-0.15, -0.1) is 0 Å². The Hall–Kier alpha value is -1.61. The van der Waals surface area contributed by atoms with E-state index in [-0.39, 0.29) is 0 Å². The lowest BCUT2D eigenvalue weighted by Gasteiger charge is -2.37. The van der Waals surface area contributed by atoms with Crippen LogP contribution in [0, 0.1) is 5.41 Å². The van der Waals surface area contributed by atoms with Gasteiger partial charge in [0.1, 0.15) is 0 Å². The van der Waals surface area contributed by atoms with Gasteiger partial charge >= 0.3 is 0 Å². The van der Waals surface area contributed by atoms with Crippen molar-refractivity contribution in [2.24, 2.45) is 5.41 Å². The van der Waals surface area contributed by atoms with Crippen LogP contribution < -0.4 is 5.32 Å². The van der Waals surface area contributed by atoms with Crippen molar-refractivity contribution in [3.05, 3.63) is 47.8 Å². The summed E-state index contributed by atoms with van der Waals surface area (Å²) in [5.41, 5.74) is 4.17. The highest BCUT2D eigenvalue weighted by Crippen LogP contribution is 2.41. The van der Waals surface area contributed by atoms with Crippen molar-refractivity contribution in [2.45, 2.75) is 52.6 Å². The number of benzene rings is 1. The topological polar surface area (TPSA) is 29.9 Å². The molecule has 1 atom stereocenters. The molecule has 1 unspecified atom stereocenters. The Morgan fingerprint density at radius 3 is 2.62 bits per heavy atom. The summed E-state index contributed by atoms with van der Waals surface area (Å²) < 4.78 is 2.12. The number of nitrogens with one attached hydrogen (secondary N) is 1. The van der Waals surface area contributed by atoms with E-state index in [2.05, 4.69) is 73.3 Å². The molecule has 0 saturated heterocycles. The van der Waals surface area contributed by atoms with Crippen molar-refractivity contribution in [2.75, 3.05) is 0 Å². The maximum Gasteiger partial charge on any atom is 0.0648 e. The molecule has 1 aliphatic carbocycles. The predicted molar refractivity (Wildman–Crippen MR) is 86.7 cm³/mol. The molecule has 2 aromatic rings. The Kier molecular flexibility index (Phi) is 3.62. The third-order valence-electron chi connectivity index (χ3n) is 4.21. The highest BCUT2D eigenvalue weighted by molar-refractivity contribution is 5.37. The first-order valence-electron chi connectivity index (χ1n) is 7.84. The molecule has 0 bridgehead atoms. The number of rotatable bonds is 3. The smallest absolute Gasteiger partial charge is 0.0648 e. The van der Waals surface area contributed by atoms with Gasteiger partial charge in [0.25, 0.3) is 0 Å². The van der Waals surface area contributed by atoms with Crippen LogP contribution in [-0.2, 0) is 6.42 Å². The number of nitrogens with zero attached hydrogens (tertiary/aromatic N) is 2. The lowest BCUT2D eigenvalue weighted by atomic mass is 9.74. The van der Waals surface area contributed by atoms with Crippen molar-refractivity contribution in [1.82, 2.24) is 15.1 Å². The van der Waals surface area contributed by atoms with Crippen LogP contribution in [0.1, 0.15) is 51.4 Å². The van der Waals surface area contributed by atoms with E-state index in [0.29, 0.717) is 17.5 Å².